The Morgan fingerprint density at radius 3 is 2.65 bits per heavy atom. The van der Waals surface area contributed by atoms with Gasteiger partial charge in [-0.15, -0.1) is 0 Å². The van der Waals surface area contributed by atoms with Gasteiger partial charge in [-0.05, 0) is 26.0 Å². The predicted molar refractivity (Wildman–Crippen MR) is 81.2 cm³/mol. The molecule has 0 aliphatic rings. The SMILES string of the molecule is Cc1ccc(OCC(C)NCc2ncc(Cl)n2C)cc1. The summed E-state index contributed by atoms with van der Waals surface area (Å²) in [6, 6.07) is 8.29. The first-order valence-corrected chi connectivity index (χ1v) is 7.03. The number of aromatic nitrogens is 2. The summed E-state index contributed by atoms with van der Waals surface area (Å²) in [7, 11) is 1.90. The summed E-state index contributed by atoms with van der Waals surface area (Å²) >= 11 is 5.95. The minimum Gasteiger partial charge on any atom is -0.492 e. The molecule has 1 heterocycles. The molecule has 1 aromatic carbocycles. The van der Waals surface area contributed by atoms with Gasteiger partial charge in [0.2, 0.25) is 0 Å². The number of benzene rings is 1. The number of hydrogen-bond acceptors (Lipinski definition) is 3. The van der Waals surface area contributed by atoms with Crippen LogP contribution in [0, 0.1) is 6.92 Å². The van der Waals surface area contributed by atoms with E-state index in [4.69, 9.17) is 16.3 Å². The van der Waals surface area contributed by atoms with E-state index in [1.54, 1.807) is 6.20 Å². The Bertz CT molecular complexity index is 551. The third-order valence-electron chi connectivity index (χ3n) is 3.16. The molecule has 20 heavy (non-hydrogen) atoms. The maximum Gasteiger partial charge on any atom is 0.128 e. The van der Waals surface area contributed by atoms with Crippen molar-refractivity contribution >= 4 is 11.6 Å². The summed E-state index contributed by atoms with van der Waals surface area (Å²) in [5.74, 6) is 1.81. The van der Waals surface area contributed by atoms with E-state index >= 15 is 0 Å². The van der Waals surface area contributed by atoms with Crippen LogP contribution in [-0.2, 0) is 13.6 Å². The molecule has 4 nitrogen and oxygen atoms in total. The molecule has 1 N–H and O–H groups in total. The van der Waals surface area contributed by atoms with E-state index in [0.29, 0.717) is 18.3 Å². The molecule has 1 atom stereocenters. The van der Waals surface area contributed by atoms with E-state index in [2.05, 4.69) is 24.1 Å². The minimum absolute atomic E-state index is 0.228. The Morgan fingerprint density at radius 1 is 1.35 bits per heavy atom. The summed E-state index contributed by atoms with van der Waals surface area (Å²) < 4.78 is 7.59. The number of rotatable bonds is 6. The Morgan fingerprint density at radius 2 is 2.05 bits per heavy atom. The summed E-state index contributed by atoms with van der Waals surface area (Å²) in [6.07, 6.45) is 1.66. The van der Waals surface area contributed by atoms with Crippen LogP contribution in [0.15, 0.2) is 30.5 Å². The van der Waals surface area contributed by atoms with Crippen molar-refractivity contribution in [3.05, 3.63) is 47.0 Å². The number of ether oxygens (including phenoxy) is 1. The molecule has 108 valence electrons. The number of hydrogen-bond donors (Lipinski definition) is 1. The molecule has 0 saturated heterocycles. The molecule has 2 aromatic rings. The maximum absolute atomic E-state index is 5.95. The van der Waals surface area contributed by atoms with Crippen molar-refractivity contribution in [1.82, 2.24) is 14.9 Å². The van der Waals surface area contributed by atoms with Crippen molar-refractivity contribution in [2.75, 3.05) is 6.61 Å². The van der Waals surface area contributed by atoms with Crippen LogP contribution in [0.4, 0.5) is 0 Å². The van der Waals surface area contributed by atoms with Gasteiger partial charge in [0.1, 0.15) is 23.3 Å². The van der Waals surface area contributed by atoms with Crippen LogP contribution >= 0.6 is 11.6 Å². The zero-order chi connectivity index (χ0) is 14.5. The number of imidazole rings is 1. The molecule has 0 spiro atoms. The van der Waals surface area contributed by atoms with Crippen LogP contribution in [0.2, 0.25) is 5.15 Å². The molecule has 5 heteroatoms. The Balaban J connectivity index is 1.76. The van der Waals surface area contributed by atoms with Crippen LogP contribution in [0.5, 0.6) is 5.75 Å². The Labute approximate surface area is 124 Å². The number of aryl methyl sites for hydroxylation is 1. The molecular formula is C15H20ClN3O. The lowest BCUT2D eigenvalue weighted by Crippen LogP contribution is -2.32. The first kappa shape index (κ1) is 14.9. The molecule has 0 fully saturated rings. The van der Waals surface area contributed by atoms with Gasteiger partial charge in [0.05, 0.1) is 12.7 Å². The standard InChI is InChI=1S/C15H20ClN3O/c1-11-4-6-13(7-5-11)20-10-12(2)17-9-15-18-8-14(16)19(15)3/h4-8,12,17H,9-10H2,1-3H3. The van der Waals surface area contributed by atoms with E-state index in [1.807, 2.05) is 35.9 Å². The van der Waals surface area contributed by atoms with Crippen LogP contribution in [-0.4, -0.2) is 22.2 Å². The molecule has 0 bridgehead atoms. The van der Waals surface area contributed by atoms with Crippen molar-refractivity contribution < 1.29 is 4.74 Å². The average Bonchev–Trinajstić information content (AvgIpc) is 2.76. The van der Waals surface area contributed by atoms with Gasteiger partial charge >= 0.3 is 0 Å². The van der Waals surface area contributed by atoms with Gasteiger partial charge in [-0.2, -0.15) is 0 Å². The first-order valence-electron chi connectivity index (χ1n) is 6.65. The number of nitrogens with one attached hydrogen (secondary N) is 1. The van der Waals surface area contributed by atoms with Gasteiger partial charge in [-0.1, -0.05) is 29.3 Å². The normalized spacial score (nSPS) is 12.4. The smallest absolute Gasteiger partial charge is 0.128 e. The lowest BCUT2D eigenvalue weighted by molar-refractivity contribution is 0.271. The molecule has 2 rings (SSSR count). The maximum atomic E-state index is 5.95. The molecule has 1 unspecified atom stereocenters. The van der Waals surface area contributed by atoms with Gasteiger partial charge in [-0.25, -0.2) is 4.98 Å². The lowest BCUT2D eigenvalue weighted by atomic mass is 10.2. The highest BCUT2D eigenvalue weighted by atomic mass is 35.5. The van der Waals surface area contributed by atoms with E-state index in [-0.39, 0.29) is 6.04 Å². The minimum atomic E-state index is 0.228. The molecule has 0 saturated carbocycles. The van der Waals surface area contributed by atoms with Crippen molar-refractivity contribution in [3.8, 4) is 5.75 Å². The highest BCUT2D eigenvalue weighted by molar-refractivity contribution is 6.29. The molecule has 0 radical (unpaired) electrons. The third kappa shape index (κ3) is 3.99. The lowest BCUT2D eigenvalue weighted by Gasteiger charge is -2.15. The highest BCUT2D eigenvalue weighted by Crippen LogP contribution is 2.12. The second-order valence-electron chi connectivity index (χ2n) is 4.96. The largest absolute Gasteiger partial charge is 0.492 e. The van der Waals surface area contributed by atoms with Crippen molar-refractivity contribution in [1.29, 1.82) is 0 Å². The first-order chi connectivity index (χ1) is 9.56. The zero-order valence-electron chi connectivity index (χ0n) is 12.1. The Kier molecular flexibility index (Phi) is 5.04. The van der Waals surface area contributed by atoms with Crippen molar-refractivity contribution in [2.45, 2.75) is 26.4 Å². The topological polar surface area (TPSA) is 39.1 Å². The van der Waals surface area contributed by atoms with Gasteiger partial charge in [-0.3, -0.25) is 0 Å². The van der Waals surface area contributed by atoms with Crippen molar-refractivity contribution in [3.63, 3.8) is 0 Å². The van der Waals surface area contributed by atoms with Gasteiger partial charge in [0.15, 0.2) is 0 Å². The third-order valence-corrected chi connectivity index (χ3v) is 3.51. The fourth-order valence-electron chi connectivity index (χ4n) is 1.77. The zero-order valence-corrected chi connectivity index (χ0v) is 12.8. The van der Waals surface area contributed by atoms with Crippen LogP contribution in [0.25, 0.3) is 0 Å². The van der Waals surface area contributed by atoms with E-state index < -0.39 is 0 Å². The van der Waals surface area contributed by atoms with Crippen molar-refractivity contribution in [2.24, 2.45) is 7.05 Å². The fraction of sp³-hybridized carbons (Fsp3) is 0.400. The Hall–Kier alpha value is -1.52. The molecule has 0 aliphatic heterocycles. The highest BCUT2D eigenvalue weighted by Gasteiger charge is 2.07. The van der Waals surface area contributed by atoms with Crippen LogP contribution in [0.3, 0.4) is 0 Å². The second-order valence-corrected chi connectivity index (χ2v) is 5.35. The fourth-order valence-corrected chi connectivity index (χ4v) is 1.92. The molecule has 1 aromatic heterocycles. The van der Waals surface area contributed by atoms with E-state index in [9.17, 15) is 0 Å². The van der Waals surface area contributed by atoms with Crippen LogP contribution < -0.4 is 10.1 Å². The summed E-state index contributed by atoms with van der Waals surface area (Å²) in [6.45, 7) is 5.42. The molecule has 0 aliphatic carbocycles. The monoisotopic (exact) mass is 293 g/mol. The average molecular weight is 294 g/mol. The van der Waals surface area contributed by atoms with Gasteiger partial charge in [0.25, 0.3) is 0 Å². The summed E-state index contributed by atoms with van der Waals surface area (Å²) in [4.78, 5) is 4.24. The molecular weight excluding hydrogens is 274 g/mol. The van der Waals surface area contributed by atoms with Gasteiger partial charge in [0, 0.05) is 13.1 Å². The van der Waals surface area contributed by atoms with Crippen LogP contribution in [0.1, 0.15) is 18.3 Å². The second kappa shape index (κ2) is 6.77. The summed E-state index contributed by atoms with van der Waals surface area (Å²) in [5.41, 5.74) is 1.23. The van der Waals surface area contributed by atoms with E-state index in [0.717, 1.165) is 11.6 Å². The summed E-state index contributed by atoms with van der Waals surface area (Å²) in [5, 5.41) is 4.01. The van der Waals surface area contributed by atoms with Gasteiger partial charge < -0.3 is 14.6 Å². The number of halogens is 1. The molecule has 0 amide bonds. The number of nitrogens with zero attached hydrogens (tertiary/aromatic N) is 2. The predicted octanol–water partition coefficient (Wildman–Crippen LogP) is 2.94. The van der Waals surface area contributed by atoms with E-state index in [1.165, 1.54) is 5.56 Å². The quantitative estimate of drug-likeness (QED) is 0.890.